The third-order valence-corrected chi connectivity index (χ3v) is 3.91. The number of hydrogen-bond acceptors (Lipinski definition) is 4. The van der Waals surface area contributed by atoms with Crippen molar-refractivity contribution < 1.29 is 17.2 Å². The molecule has 0 aliphatic heterocycles. The van der Waals surface area contributed by atoms with Crippen LogP contribution in [0.4, 0.5) is 20.3 Å². The van der Waals surface area contributed by atoms with Gasteiger partial charge in [-0.3, -0.25) is 4.72 Å². The van der Waals surface area contributed by atoms with Crippen LogP contribution in [0.15, 0.2) is 35.4 Å². The molecule has 0 saturated carbocycles. The van der Waals surface area contributed by atoms with Crippen LogP contribution in [0.3, 0.4) is 0 Å². The number of rotatable bonds is 3. The second kappa shape index (κ2) is 5.04. The second-order valence-corrected chi connectivity index (χ2v) is 5.79. The van der Waals surface area contributed by atoms with Crippen molar-refractivity contribution in [2.75, 3.05) is 10.5 Å². The third-order valence-electron chi connectivity index (χ3n) is 2.56. The predicted molar refractivity (Wildman–Crippen MR) is 70.6 cm³/mol. The highest BCUT2D eigenvalue weighted by molar-refractivity contribution is 7.92. The summed E-state index contributed by atoms with van der Waals surface area (Å²) in [6.07, 6.45) is 1.03. The van der Waals surface area contributed by atoms with Gasteiger partial charge in [0, 0.05) is 12.3 Å². The van der Waals surface area contributed by atoms with Gasteiger partial charge in [0.05, 0.1) is 5.69 Å². The minimum absolute atomic E-state index is 0.0830. The molecule has 20 heavy (non-hydrogen) atoms. The lowest BCUT2D eigenvalue weighted by Crippen LogP contribution is -2.14. The van der Waals surface area contributed by atoms with E-state index in [9.17, 15) is 17.2 Å². The zero-order valence-corrected chi connectivity index (χ0v) is 11.2. The fraction of sp³-hybridized carbons (Fsp3) is 0.0833. The van der Waals surface area contributed by atoms with Crippen molar-refractivity contribution in [3.63, 3.8) is 0 Å². The highest BCUT2D eigenvalue weighted by atomic mass is 32.2. The summed E-state index contributed by atoms with van der Waals surface area (Å²) >= 11 is 0. The number of halogens is 2. The summed E-state index contributed by atoms with van der Waals surface area (Å²) < 4.78 is 52.9. The van der Waals surface area contributed by atoms with Crippen LogP contribution in [0.2, 0.25) is 0 Å². The molecule has 2 rings (SSSR count). The van der Waals surface area contributed by atoms with Crippen molar-refractivity contribution in [3.05, 3.63) is 47.7 Å². The van der Waals surface area contributed by atoms with Gasteiger partial charge < -0.3 is 5.73 Å². The summed E-state index contributed by atoms with van der Waals surface area (Å²) in [7, 11) is -4.06. The quantitative estimate of drug-likeness (QED) is 0.908. The normalized spacial score (nSPS) is 11.3. The molecular weight excluding hydrogens is 288 g/mol. The Morgan fingerprint density at radius 3 is 2.50 bits per heavy atom. The molecule has 0 bridgehead atoms. The van der Waals surface area contributed by atoms with E-state index in [0.29, 0.717) is 0 Å². The number of nitrogens with zero attached hydrogens (tertiary/aromatic N) is 1. The highest BCUT2D eigenvalue weighted by Gasteiger charge is 2.18. The maximum atomic E-state index is 13.6. The van der Waals surface area contributed by atoms with Gasteiger partial charge in [-0.15, -0.1) is 0 Å². The van der Waals surface area contributed by atoms with Crippen molar-refractivity contribution in [1.82, 2.24) is 4.98 Å². The van der Waals surface area contributed by atoms with Crippen molar-refractivity contribution in [2.45, 2.75) is 11.8 Å². The maximum Gasteiger partial charge on any atom is 0.263 e. The van der Waals surface area contributed by atoms with Gasteiger partial charge >= 0.3 is 0 Å². The molecule has 0 spiro atoms. The first-order valence-corrected chi connectivity index (χ1v) is 6.98. The van der Waals surface area contributed by atoms with Crippen LogP contribution >= 0.6 is 0 Å². The number of pyridine rings is 1. The SMILES string of the molecule is Cc1cc(F)c(NS(=O)(=O)c2ccc(N)nc2)cc1F. The number of nitrogens with one attached hydrogen (secondary N) is 1. The molecule has 0 aliphatic carbocycles. The van der Waals surface area contributed by atoms with E-state index in [1.165, 1.54) is 19.1 Å². The van der Waals surface area contributed by atoms with Gasteiger partial charge in [-0.05, 0) is 30.7 Å². The lowest BCUT2D eigenvalue weighted by atomic mass is 10.2. The van der Waals surface area contributed by atoms with E-state index in [4.69, 9.17) is 5.73 Å². The Hall–Kier alpha value is -2.22. The van der Waals surface area contributed by atoms with Gasteiger partial charge in [0.2, 0.25) is 0 Å². The van der Waals surface area contributed by atoms with Gasteiger partial charge in [-0.1, -0.05) is 0 Å². The molecule has 2 aromatic rings. The molecule has 0 aliphatic rings. The van der Waals surface area contributed by atoms with Crippen LogP contribution in [-0.4, -0.2) is 13.4 Å². The largest absolute Gasteiger partial charge is 0.384 e. The van der Waals surface area contributed by atoms with Gasteiger partial charge in [0.1, 0.15) is 22.3 Å². The fourth-order valence-corrected chi connectivity index (χ4v) is 2.48. The first-order valence-electron chi connectivity index (χ1n) is 5.49. The fourth-order valence-electron chi connectivity index (χ4n) is 1.48. The first-order chi connectivity index (χ1) is 9.29. The summed E-state index contributed by atoms with van der Waals surface area (Å²) in [6.45, 7) is 1.38. The number of nitrogen functional groups attached to an aromatic ring is 1. The van der Waals surface area contributed by atoms with E-state index in [1.54, 1.807) is 0 Å². The van der Waals surface area contributed by atoms with Crippen molar-refractivity contribution >= 4 is 21.5 Å². The van der Waals surface area contributed by atoms with E-state index < -0.39 is 27.3 Å². The van der Waals surface area contributed by atoms with Crippen LogP contribution in [0.5, 0.6) is 0 Å². The smallest absolute Gasteiger partial charge is 0.263 e. The number of aromatic nitrogens is 1. The second-order valence-electron chi connectivity index (χ2n) is 4.11. The molecule has 3 N–H and O–H groups in total. The van der Waals surface area contributed by atoms with Crippen molar-refractivity contribution in [2.24, 2.45) is 0 Å². The average Bonchev–Trinajstić information content (AvgIpc) is 2.36. The molecule has 5 nitrogen and oxygen atoms in total. The Morgan fingerprint density at radius 2 is 1.90 bits per heavy atom. The summed E-state index contributed by atoms with van der Waals surface area (Å²) in [5, 5.41) is 0. The van der Waals surface area contributed by atoms with Crippen LogP contribution < -0.4 is 10.5 Å². The lowest BCUT2D eigenvalue weighted by Gasteiger charge is -2.10. The van der Waals surface area contributed by atoms with E-state index in [0.717, 1.165) is 18.3 Å². The Bertz CT molecular complexity index is 746. The topological polar surface area (TPSA) is 85.1 Å². The van der Waals surface area contributed by atoms with Gasteiger partial charge in [0.25, 0.3) is 10.0 Å². The molecule has 0 atom stereocenters. The summed E-state index contributed by atoms with van der Waals surface area (Å²) in [4.78, 5) is 3.43. The molecule has 0 unspecified atom stereocenters. The Balaban J connectivity index is 2.38. The minimum atomic E-state index is -4.06. The van der Waals surface area contributed by atoms with E-state index in [1.807, 2.05) is 4.72 Å². The van der Waals surface area contributed by atoms with Gasteiger partial charge in [0.15, 0.2) is 0 Å². The monoisotopic (exact) mass is 299 g/mol. The van der Waals surface area contributed by atoms with Crippen molar-refractivity contribution in [3.8, 4) is 0 Å². The molecule has 1 aromatic carbocycles. The number of aryl methyl sites for hydroxylation is 1. The summed E-state index contributed by atoms with van der Waals surface area (Å²) in [6, 6.07) is 4.20. The lowest BCUT2D eigenvalue weighted by molar-refractivity contribution is 0.590. The number of nitrogens with two attached hydrogens (primary N) is 1. The Kier molecular flexibility index (Phi) is 3.58. The zero-order valence-electron chi connectivity index (χ0n) is 10.4. The number of benzene rings is 1. The number of sulfonamides is 1. The molecule has 0 amide bonds. The number of anilines is 2. The Morgan fingerprint density at radius 1 is 1.20 bits per heavy atom. The van der Waals surface area contributed by atoms with Crippen molar-refractivity contribution in [1.29, 1.82) is 0 Å². The van der Waals surface area contributed by atoms with Crippen LogP contribution in [0, 0.1) is 18.6 Å². The van der Waals surface area contributed by atoms with E-state index in [2.05, 4.69) is 4.98 Å². The summed E-state index contributed by atoms with van der Waals surface area (Å²) in [5.41, 5.74) is 4.96. The third kappa shape index (κ3) is 2.85. The minimum Gasteiger partial charge on any atom is -0.384 e. The van der Waals surface area contributed by atoms with Crippen LogP contribution in [0.25, 0.3) is 0 Å². The zero-order chi connectivity index (χ0) is 14.9. The average molecular weight is 299 g/mol. The molecule has 0 saturated heterocycles. The maximum absolute atomic E-state index is 13.6. The predicted octanol–water partition coefficient (Wildman–Crippen LogP) is 2.05. The van der Waals surface area contributed by atoms with Crippen LogP contribution in [0.1, 0.15) is 5.56 Å². The highest BCUT2D eigenvalue weighted by Crippen LogP contribution is 2.22. The van der Waals surface area contributed by atoms with E-state index in [-0.39, 0.29) is 16.3 Å². The number of hydrogen-bond donors (Lipinski definition) is 2. The van der Waals surface area contributed by atoms with Gasteiger partial charge in [-0.2, -0.15) is 0 Å². The van der Waals surface area contributed by atoms with E-state index >= 15 is 0 Å². The van der Waals surface area contributed by atoms with Gasteiger partial charge in [-0.25, -0.2) is 22.2 Å². The first kappa shape index (κ1) is 14.2. The molecule has 0 fully saturated rings. The molecule has 8 heteroatoms. The molecule has 0 radical (unpaired) electrons. The molecule has 106 valence electrons. The standard InChI is InChI=1S/C12H11F2N3O2S/c1-7-4-10(14)11(5-9(7)13)17-20(18,19)8-2-3-12(15)16-6-8/h2-6,17H,1H3,(H2,15,16). The molecule has 1 aromatic heterocycles. The molecular formula is C12H11F2N3O2S. The van der Waals surface area contributed by atoms with Crippen LogP contribution in [-0.2, 0) is 10.0 Å². The Labute approximate surface area is 114 Å². The summed E-state index contributed by atoms with van der Waals surface area (Å²) in [5.74, 6) is -1.42. The molecule has 1 heterocycles.